The normalized spacial score (nSPS) is 16.8. The minimum absolute atomic E-state index is 0.386. The maximum Gasteiger partial charge on any atom is 0.213 e. The van der Waals surface area contributed by atoms with Gasteiger partial charge in [0.15, 0.2) is 6.29 Å². The fraction of sp³-hybridized carbons (Fsp3) is 0.571. The lowest BCUT2D eigenvalue weighted by Crippen LogP contribution is -2.33. The fourth-order valence-corrected chi connectivity index (χ4v) is 1.43. The molecule has 0 saturated carbocycles. The van der Waals surface area contributed by atoms with Crippen molar-refractivity contribution in [3.05, 3.63) is 12.2 Å². The molecule has 64 valence electrons. The molecule has 0 unspecified atom stereocenters. The average Bonchev–Trinajstić information content (AvgIpc) is 2.74. The molecule has 1 aliphatic heterocycles. The molecule has 5 heteroatoms. The van der Waals surface area contributed by atoms with Crippen LogP contribution in [-0.2, 0) is 0 Å². The highest BCUT2D eigenvalue weighted by molar-refractivity contribution is 5.68. The smallest absolute Gasteiger partial charge is 0.213 e. The third kappa shape index (κ3) is 1.07. The first-order valence-electron chi connectivity index (χ1n) is 4.02. The summed E-state index contributed by atoms with van der Waals surface area (Å²) in [5.74, 6) is 0.386. The van der Waals surface area contributed by atoms with E-state index in [9.17, 15) is 4.79 Å². The van der Waals surface area contributed by atoms with E-state index < -0.39 is 0 Å². The Labute approximate surface area is 70.0 Å². The first-order valence-corrected chi connectivity index (χ1v) is 4.02. The van der Waals surface area contributed by atoms with Crippen LogP contribution >= 0.6 is 0 Å². The first kappa shape index (κ1) is 7.27. The van der Waals surface area contributed by atoms with E-state index in [2.05, 4.69) is 10.1 Å². The summed E-state index contributed by atoms with van der Waals surface area (Å²) >= 11 is 0. The zero-order valence-corrected chi connectivity index (χ0v) is 6.68. The minimum atomic E-state index is 0.386. The zero-order chi connectivity index (χ0) is 8.39. The minimum Gasteiger partial charge on any atom is -0.295 e. The van der Waals surface area contributed by atoms with Gasteiger partial charge in [-0.2, -0.15) is 4.79 Å². The highest BCUT2D eigenvalue weighted by Crippen LogP contribution is 2.06. The number of hydrogen-bond acceptors (Lipinski definition) is 4. The lowest BCUT2D eigenvalue weighted by molar-refractivity contribution is 0.110. The van der Waals surface area contributed by atoms with Gasteiger partial charge in [-0.1, -0.05) is 0 Å². The molecule has 0 amide bonds. The van der Waals surface area contributed by atoms with E-state index in [0.29, 0.717) is 5.82 Å². The highest BCUT2D eigenvalue weighted by atomic mass is 16.1. The molecule has 0 aromatic carbocycles. The topological polar surface area (TPSA) is 51.0 Å². The Morgan fingerprint density at radius 3 is 2.83 bits per heavy atom. The summed E-state index contributed by atoms with van der Waals surface area (Å²) in [5.41, 5.74) is 0. The fourth-order valence-electron chi connectivity index (χ4n) is 1.43. The second kappa shape index (κ2) is 2.92. The van der Waals surface area contributed by atoms with E-state index in [1.807, 2.05) is 5.01 Å². The van der Waals surface area contributed by atoms with Crippen molar-refractivity contribution in [2.24, 2.45) is 0 Å². The molecule has 2 rings (SSSR count). The van der Waals surface area contributed by atoms with Crippen LogP contribution in [0, 0.1) is 0 Å². The molecule has 5 nitrogen and oxygen atoms in total. The van der Waals surface area contributed by atoms with E-state index in [1.54, 1.807) is 4.79 Å². The van der Waals surface area contributed by atoms with Crippen molar-refractivity contribution in [2.75, 3.05) is 18.1 Å². The van der Waals surface area contributed by atoms with Gasteiger partial charge in [-0.3, -0.25) is 9.80 Å². The second-order valence-electron chi connectivity index (χ2n) is 2.79. The Morgan fingerprint density at radius 2 is 2.17 bits per heavy atom. The third-order valence-electron chi connectivity index (χ3n) is 2.01. The SMILES string of the molecule is O=Cc1ncnn1N1CCCC1. The van der Waals surface area contributed by atoms with Crippen molar-refractivity contribution in [3.8, 4) is 0 Å². The molecule has 1 aliphatic rings. The first-order chi connectivity index (χ1) is 5.92. The van der Waals surface area contributed by atoms with Crippen LogP contribution in [0.4, 0.5) is 0 Å². The molecular formula is C7H10N4O. The third-order valence-corrected chi connectivity index (χ3v) is 2.01. The van der Waals surface area contributed by atoms with Crippen LogP contribution in [0.2, 0.25) is 0 Å². The largest absolute Gasteiger partial charge is 0.295 e. The number of carbonyl (C=O) groups excluding carboxylic acids is 1. The molecule has 2 heterocycles. The summed E-state index contributed by atoms with van der Waals surface area (Å²) in [6, 6.07) is 0. The zero-order valence-electron chi connectivity index (χ0n) is 6.68. The van der Waals surface area contributed by atoms with Crippen LogP contribution < -0.4 is 5.01 Å². The van der Waals surface area contributed by atoms with Crippen molar-refractivity contribution in [1.82, 2.24) is 14.9 Å². The summed E-state index contributed by atoms with van der Waals surface area (Å²) in [6.07, 6.45) is 4.46. The Bertz CT molecular complexity index is 277. The van der Waals surface area contributed by atoms with Crippen molar-refractivity contribution in [2.45, 2.75) is 12.8 Å². The summed E-state index contributed by atoms with van der Waals surface area (Å²) in [7, 11) is 0. The van der Waals surface area contributed by atoms with Crippen molar-refractivity contribution in [1.29, 1.82) is 0 Å². The number of carbonyl (C=O) groups is 1. The Morgan fingerprint density at radius 1 is 1.42 bits per heavy atom. The molecule has 1 aromatic rings. The maximum atomic E-state index is 10.5. The summed E-state index contributed by atoms with van der Waals surface area (Å²) in [4.78, 5) is 15.9. The van der Waals surface area contributed by atoms with Gasteiger partial charge >= 0.3 is 0 Å². The number of rotatable bonds is 2. The molecule has 1 fully saturated rings. The van der Waals surface area contributed by atoms with Crippen LogP contribution in [0.15, 0.2) is 6.33 Å². The van der Waals surface area contributed by atoms with Crippen molar-refractivity contribution >= 4 is 6.29 Å². The van der Waals surface area contributed by atoms with Crippen molar-refractivity contribution < 1.29 is 4.79 Å². The van der Waals surface area contributed by atoms with Gasteiger partial charge in [0.2, 0.25) is 5.82 Å². The van der Waals surface area contributed by atoms with Crippen LogP contribution in [-0.4, -0.2) is 34.2 Å². The quantitative estimate of drug-likeness (QED) is 0.572. The monoisotopic (exact) mass is 166 g/mol. The molecular weight excluding hydrogens is 156 g/mol. The number of aromatic nitrogens is 3. The molecule has 0 spiro atoms. The average molecular weight is 166 g/mol. The van der Waals surface area contributed by atoms with Gasteiger partial charge in [-0.15, -0.1) is 5.10 Å². The predicted molar refractivity (Wildman–Crippen MR) is 42.6 cm³/mol. The summed E-state index contributed by atoms with van der Waals surface area (Å²) in [6.45, 7) is 1.92. The van der Waals surface area contributed by atoms with Gasteiger partial charge in [0.05, 0.1) is 0 Å². The molecule has 0 radical (unpaired) electrons. The van der Waals surface area contributed by atoms with Crippen LogP contribution in [0.5, 0.6) is 0 Å². The van der Waals surface area contributed by atoms with Gasteiger partial charge in [0.1, 0.15) is 6.33 Å². The van der Waals surface area contributed by atoms with Crippen LogP contribution in [0.3, 0.4) is 0 Å². The Balaban J connectivity index is 2.25. The molecule has 0 aliphatic carbocycles. The van der Waals surface area contributed by atoms with Gasteiger partial charge < -0.3 is 0 Å². The number of hydrogen-bond donors (Lipinski definition) is 0. The predicted octanol–water partition coefficient (Wildman–Crippen LogP) is -0.178. The van der Waals surface area contributed by atoms with E-state index in [0.717, 1.165) is 32.2 Å². The van der Waals surface area contributed by atoms with Crippen LogP contribution in [0.25, 0.3) is 0 Å². The maximum absolute atomic E-state index is 10.5. The van der Waals surface area contributed by atoms with E-state index in [1.165, 1.54) is 6.33 Å². The Hall–Kier alpha value is -1.39. The number of nitrogens with zero attached hydrogens (tertiary/aromatic N) is 4. The van der Waals surface area contributed by atoms with E-state index in [4.69, 9.17) is 0 Å². The van der Waals surface area contributed by atoms with Crippen LogP contribution in [0.1, 0.15) is 23.5 Å². The number of aldehydes is 1. The molecule has 0 bridgehead atoms. The molecule has 1 saturated heterocycles. The van der Waals surface area contributed by atoms with Gasteiger partial charge in [0.25, 0.3) is 0 Å². The summed E-state index contributed by atoms with van der Waals surface area (Å²) in [5, 5.41) is 5.99. The molecule has 12 heavy (non-hydrogen) atoms. The van der Waals surface area contributed by atoms with E-state index >= 15 is 0 Å². The lowest BCUT2D eigenvalue weighted by Gasteiger charge is -2.16. The lowest BCUT2D eigenvalue weighted by atomic mass is 10.4. The van der Waals surface area contributed by atoms with Gasteiger partial charge in [-0.25, -0.2) is 4.98 Å². The van der Waals surface area contributed by atoms with Crippen molar-refractivity contribution in [3.63, 3.8) is 0 Å². The molecule has 1 aromatic heterocycles. The Kier molecular flexibility index (Phi) is 1.77. The summed E-state index contributed by atoms with van der Waals surface area (Å²) < 4.78 is 0. The highest BCUT2D eigenvalue weighted by Gasteiger charge is 2.15. The van der Waals surface area contributed by atoms with Gasteiger partial charge in [-0.05, 0) is 12.8 Å². The standard InChI is InChI=1S/C7H10N4O/c12-5-7-8-6-9-11(7)10-3-1-2-4-10/h5-6H,1-4H2. The second-order valence-corrected chi connectivity index (χ2v) is 2.79. The molecule has 0 N–H and O–H groups in total. The van der Waals surface area contributed by atoms with Gasteiger partial charge in [0, 0.05) is 13.1 Å². The molecule has 0 atom stereocenters. The van der Waals surface area contributed by atoms with E-state index in [-0.39, 0.29) is 0 Å².